The maximum atomic E-state index is 12.4. The second kappa shape index (κ2) is 10.4. The molecular formula is C15H18ClN4O6PS3. The Morgan fingerprint density at radius 1 is 1.17 bits per heavy atom. The summed E-state index contributed by atoms with van der Waals surface area (Å²) in [5.41, 5.74) is 5.48. The third kappa shape index (κ3) is 7.15. The molecule has 0 unspecified atom stereocenters. The molecule has 0 atom stereocenters. The van der Waals surface area contributed by atoms with E-state index < -0.39 is 33.5 Å². The highest BCUT2D eigenvalue weighted by Crippen LogP contribution is 2.35. The third-order valence-electron chi connectivity index (χ3n) is 3.47. The maximum Gasteiger partial charge on any atom is 0.265 e. The zero-order chi connectivity index (χ0) is 22.5. The summed E-state index contributed by atoms with van der Waals surface area (Å²) in [7, 11) is -10.2. The van der Waals surface area contributed by atoms with E-state index in [1.807, 2.05) is 30.3 Å². The molecule has 1 aliphatic heterocycles. The molecule has 30 heavy (non-hydrogen) atoms. The number of primary sulfonamides is 1. The summed E-state index contributed by atoms with van der Waals surface area (Å²) >= 11 is 7.42. The minimum absolute atomic E-state index is 0.0801. The molecule has 0 fully saturated rings. The van der Waals surface area contributed by atoms with Crippen LogP contribution in [0.5, 0.6) is 0 Å². The summed E-state index contributed by atoms with van der Waals surface area (Å²) in [6.45, 7) is 0. The van der Waals surface area contributed by atoms with E-state index in [0.717, 1.165) is 11.6 Å². The molecule has 164 valence electrons. The second-order valence-electron chi connectivity index (χ2n) is 5.76. The van der Waals surface area contributed by atoms with Crippen LogP contribution in [-0.4, -0.2) is 38.2 Å². The molecule has 0 bridgehead atoms. The van der Waals surface area contributed by atoms with Crippen LogP contribution in [0.15, 0.2) is 57.2 Å². The van der Waals surface area contributed by atoms with E-state index in [4.69, 9.17) is 26.5 Å². The van der Waals surface area contributed by atoms with Crippen molar-refractivity contribution in [2.45, 2.75) is 15.5 Å². The van der Waals surface area contributed by atoms with Gasteiger partial charge < -0.3 is 9.79 Å². The Balaban J connectivity index is 0.000000735. The maximum absolute atomic E-state index is 12.4. The quantitative estimate of drug-likeness (QED) is 0.372. The van der Waals surface area contributed by atoms with Gasteiger partial charge in [0.05, 0.1) is 16.5 Å². The number of nitrogens with one attached hydrogen (secondary N) is 1. The Bertz CT molecular complexity index is 1140. The molecule has 0 aromatic heterocycles. The van der Waals surface area contributed by atoms with Gasteiger partial charge in [-0.1, -0.05) is 41.9 Å². The molecule has 10 nitrogen and oxygen atoms in total. The van der Waals surface area contributed by atoms with Crippen molar-refractivity contribution < 1.29 is 26.6 Å². The van der Waals surface area contributed by atoms with Crippen LogP contribution in [0.2, 0.25) is 5.02 Å². The number of halogens is 1. The second-order valence-corrected chi connectivity index (χ2v) is 11.0. The number of hydrogen-bond donors (Lipinski definition) is 5. The van der Waals surface area contributed by atoms with Crippen molar-refractivity contribution in [2.75, 3.05) is 5.75 Å². The molecule has 15 heteroatoms. The lowest BCUT2D eigenvalue weighted by atomic mass is 10.2. The van der Waals surface area contributed by atoms with Crippen molar-refractivity contribution in [3.05, 3.63) is 53.1 Å². The lowest BCUT2D eigenvalue weighted by Gasteiger charge is -2.19. The highest BCUT2D eigenvalue weighted by Gasteiger charge is 2.28. The van der Waals surface area contributed by atoms with Crippen molar-refractivity contribution in [3.8, 4) is 0 Å². The molecular weight excluding hydrogens is 495 g/mol. The van der Waals surface area contributed by atoms with E-state index >= 15 is 0 Å². The lowest BCUT2D eigenvalue weighted by molar-refractivity contribution is 0.485. The van der Waals surface area contributed by atoms with E-state index in [1.165, 1.54) is 17.8 Å². The van der Waals surface area contributed by atoms with Gasteiger partial charge in [-0.25, -0.2) is 27.0 Å². The van der Waals surface area contributed by atoms with Crippen LogP contribution in [-0.2, 0) is 25.8 Å². The fourth-order valence-corrected chi connectivity index (χ4v) is 5.64. The first-order valence-corrected chi connectivity index (χ1v) is 13.8. The number of fused-ring (bicyclic) bond motifs is 1. The summed E-state index contributed by atoms with van der Waals surface area (Å²) in [5, 5.41) is 4.88. The van der Waals surface area contributed by atoms with Crippen molar-refractivity contribution >= 4 is 63.5 Å². The van der Waals surface area contributed by atoms with E-state index in [0.29, 0.717) is 11.5 Å². The van der Waals surface area contributed by atoms with Crippen molar-refractivity contribution in [3.63, 3.8) is 0 Å². The minimum Gasteiger partial charge on any atom is -0.338 e. The molecule has 3 rings (SSSR count). The summed E-state index contributed by atoms with van der Waals surface area (Å²) < 4.78 is 50.3. The fraction of sp³-hybridized carbons (Fsp3) is 0.133. The standard InChI is InChI=1S/C15H14ClN3O4S3.H4NO2P/c16-11-6-12-14(7-13(11)25(17,20)21)26(22,23)19-15(18-12)9-24-8-10-4-2-1-3-5-10;1-4(2)3/h1-7H,8-9H2,(H,18,19)(H2,17,20,21);2-3H,1H2. The van der Waals surface area contributed by atoms with E-state index in [1.54, 1.807) is 0 Å². The van der Waals surface area contributed by atoms with Crippen LogP contribution in [0.4, 0.5) is 5.69 Å². The van der Waals surface area contributed by atoms with Crippen molar-refractivity contribution in [2.24, 2.45) is 15.6 Å². The zero-order valence-corrected chi connectivity index (χ0v) is 19.2. The van der Waals surface area contributed by atoms with Crippen LogP contribution in [0.1, 0.15) is 5.56 Å². The monoisotopic (exact) mass is 512 g/mol. The number of sulfonamides is 2. The molecule has 0 saturated heterocycles. The van der Waals surface area contributed by atoms with Crippen molar-refractivity contribution in [1.82, 2.24) is 4.72 Å². The molecule has 1 heterocycles. The topological polar surface area (TPSA) is 185 Å². The van der Waals surface area contributed by atoms with Crippen LogP contribution >= 0.6 is 31.9 Å². The van der Waals surface area contributed by atoms with Crippen LogP contribution in [0, 0.1) is 0 Å². The van der Waals surface area contributed by atoms with Gasteiger partial charge in [0.1, 0.15) is 15.6 Å². The lowest BCUT2D eigenvalue weighted by Crippen LogP contribution is -2.35. The smallest absolute Gasteiger partial charge is 0.265 e. The number of nitrogens with two attached hydrogens (primary N) is 2. The number of hydrogen-bond acceptors (Lipinski definition) is 9. The van der Waals surface area contributed by atoms with Gasteiger partial charge in [0.25, 0.3) is 10.0 Å². The number of thioether (sulfide) groups is 1. The third-order valence-corrected chi connectivity index (χ3v) is 7.27. The van der Waals surface area contributed by atoms with E-state index in [9.17, 15) is 16.8 Å². The normalized spacial score (nSPS) is 14.8. The Morgan fingerprint density at radius 3 is 2.33 bits per heavy atom. The average molecular weight is 513 g/mol. The first kappa shape index (κ1) is 25.0. The van der Waals surface area contributed by atoms with Gasteiger partial charge in [-0.05, 0) is 17.7 Å². The van der Waals surface area contributed by atoms with Gasteiger partial charge >= 0.3 is 0 Å². The van der Waals surface area contributed by atoms with Crippen LogP contribution in [0.25, 0.3) is 0 Å². The Morgan fingerprint density at radius 2 is 1.77 bits per heavy atom. The zero-order valence-electron chi connectivity index (χ0n) is 15.1. The molecule has 7 N–H and O–H groups in total. The number of rotatable bonds is 5. The molecule has 0 saturated carbocycles. The van der Waals surface area contributed by atoms with E-state index in [2.05, 4.69) is 15.2 Å². The van der Waals surface area contributed by atoms with Gasteiger partial charge in [-0.3, -0.25) is 10.2 Å². The highest BCUT2D eigenvalue weighted by atomic mass is 35.5. The summed E-state index contributed by atoms with van der Waals surface area (Å²) in [5.74, 6) is 1.28. The van der Waals surface area contributed by atoms with Crippen molar-refractivity contribution in [1.29, 1.82) is 0 Å². The number of amidine groups is 1. The average Bonchev–Trinajstić information content (AvgIpc) is 2.60. The van der Waals surface area contributed by atoms with E-state index in [-0.39, 0.29) is 21.4 Å². The molecule has 0 spiro atoms. The Kier molecular flexibility index (Phi) is 8.62. The van der Waals surface area contributed by atoms with Gasteiger partial charge in [0.15, 0.2) is 0 Å². The summed E-state index contributed by atoms with van der Waals surface area (Å²) in [6.07, 6.45) is 0. The van der Waals surface area contributed by atoms with Gasteiger partial charge in [0, 0.05) is 5.75 Å². The molecule has 0 aliphatic carbocycles. The Hall–Kier alpha value is -1.28. The SMILES string of the molecule is NP(O)O.NS(=O)(=O)c1cc2c(cc1Cl)N=C(CSCc1ccccc1)NS2(=O)=O. The molecule has 1 aliphatic rings. The minimum atomic E-state index is -4.15. The highest BCUT2D eigenvalue weighted by molar-refractivity contribution is 7.99. The van der Waals surface area contributed by atoms with Gasteiger partial charge in [0.2, 0.25) is 18.5 Å². The largest absolute Gasteiger partial charge is 0.338 e. The van der Waals surface area contributed by atoms with Gasteiger partial charge in [-0.2, -0.15) is 0 Å². The van der Waals surface area contributed by atoms with Gasteiger partial charge in [-0.15, -0.1) is 11.8 Å². The Labute approximate surface area is 184 Å². The predicted molar refractivity (Wildman–Crippen MR) is 118 cm³/mol. The first-order valence-electron chi connectivity index (χ1n) is 7.91. The summed E-state index contributed by atoms with van der Waals surface area (Å²) in [4.78, 5) is 18.4. The molecule has 2 aromatic carbocycles. The molecule has 2 aromatic rings. The molecule has 0 radical (unpaired) electrons. The fourth-order valence-electron chi connectivity index (χ4n) is 2.32. The molecule has 0 amide bonds. The first-order chi connectivity index (χ1) is 13.9. The number of aliphatic imine (C=N–C) groups is 1. The predicted octanol–water partition coefficient (Wildman–Crippen LogP) is 1.40. The number of nitrogens with zero attached hydrogens (tertiary/aromatic N) is 1. The van der Waals surface area contributed by atoms with Crippen LogP contribution < -0.4 is 15.4 Å². The number of benzene rings is 2. The summed E-state index contributed by atoms with van der Waals surface area (Å²) in [6, 6.07) is 11.8. The van der Waals surface area contributed by atoms with Crippen LogP contribution in [0.3, 0.4) is 0 Å².